The minimum Gasteiger partial charge on any atom is -0.494 e. The Bertz CT molecular complexity index is 572. The van der Waals surface area contributed by atoms with E-state index in [2.05, 4.69) is 22.4 Å². The van der Waals surface area contributed by atoms with Crippen molar-refractivity contribution in [1.82, 2.24) is 20.2 Å². The molecule has 0 saturated carbocycles. The molecule has 108 valence electrons. The van der Waals surface area contributed by atoms with Gasteiger partial charge in [0.15, 0.2) is 11.6 Å². The zero-order valence-corrected chi connectivity index (χ0v) is 11.5. The fourth-order valence-corrected chi connectivity index (χ4v) is 2.06. The van der Waals surface area contributed by atoms with Crippen molar-refractivity contribution in [2.75, 3.05) is 7.11 Å². The van der Waals surface area contributed by atoms with Gasteiger partial charge in [-0.25, -0.2) is 19.5 Å². The minimum atomic E-state index is -0.415. The van der Waals surface area contributed by atoms with E-state index in [9.17, 15) is 4.39 Å². The minimum absolute atomic E-state index is 0.171. The van der Waals surface area contributed by atoms with Gasteiger partial charge in [-0.2, -0.15) is 5.10 Å². The number of ether oxygens (including phenoxy) is 1. The Balaban J connectivity index is 2.39. The van der Waals surface area contributed by atoms with Crippen molar-refractivity contribution in [3.63, 3.8) is 0 Å². The Morgan fingerprint density at radius 3 is 2.95 bits per heavy atom. The van der Waals surface area contributed by atoms with Crippen LogP contribution in [-0.2, 0) is 6.54 Å². The van der Waals surface area contributed by atoms with Crippen LogP contribution in [0.25, 0.3) is 0 Å². The molecule has 1 heterocycles. The molecule has 0 bridgehead atoms. The van der Waals surface area contributed by atoms with E-state index in [1.807, 2.05) is 0 Å². The Kier molecular flexibility index (Phi) is 4.65. The molecule has 0 radical (unpaired) electrons. The van der Waals surface area contributed by atoms with Crippen LogP contribution < -0.4 is 16.0 Å². The van der Waals surface area contributed by atoms with E-state index in [1.54, 1.807) is 16.8 Å². The molecule has 7 heteroatoms. The zero-order valence-electron chi connectivity index (χ0n) is 11.5. The first kappa shape index (κ1) is 14.4. The summed E-state index contributed by atoms with van der Waals surface area (Å²) in [6, 6.07) is 4.22. The zero-order chi connectivity index (χ0) is 14.5. The molecule has 1 aromatic carbocycles. The number of methoxy groups -OCH3 is 1. The third-order valence-corrected chi connectivity index (χ3v) is 3.01. The van der Waals surface area contributed by atoms with Crippen molar-refractivity contribution in [2.24, 2.45) is 5.84 Å². The molecule has 0 fully saturated rings. The summed E-state index contributed by atoms with van der Waals surface area (Å²) in [6.07, 6.45) is 2.41. The van der Waals surface area contributed by atoms with Gasteiger partial charge in [0.25, 0.3) is 0 Å². The second-order valence-corrected chi connectivity index (χ2v) is 4.34. The number of nitrogens with one attached hydrogen (secondary N) is 1. The van der Waals surface area contributed by atoms with Gasteiger partial charge in [-0.3, -0.25) is 5.84 Å². The molecule has 0 aliphatic heterocycles. The molecular formula is C13H18FN5O. The van der Waals surface area contributed by atoms with Crippen LogP contribution in [0.1, 0.15) is 30.8 Å². The number of hydrogen-bond donors (Lipinski definition) is 2. The molecule has 0 aliphatic rings. The Labute approximate surface area is 116 Å². The van der Waals surface area contributed by atoms with E-state index < -0.39 is 5.82 Å². The number of nitrogens with two attached hydrogens (primary N) is 1. The molecule has 0 saturated heterocycles. The number of rotatable bonds is 6. The lowest BCUT2D eigenvalue weighted by atomic mass is 10.1. The number of benzene rings is 1. The highest BCUT2D eigenvalue weighted by molar-refractivity contribution is 5.34. The molecule has 1 atom stereocenters. The molecule has 0 spiro atoms. The summed E-state index contributed by atoms with van der Waals surface area (Å²) in [4.78, 5) is 4.24. The maximum atomic E-state index is 13.5. The summed E-state index contributed by atoms with van der Waals surface area (Å²) in [5.74, 6) is 6.06. The Hall–Kier alpha value is -1.99. The highest BCUT2D eigenvalue weighted by Crippen LogP contribution is 2.25. The summed E-state index contributed by atoms with van der Waals surface area (Å²) in [5, 5.41) is 4.17. The predicted molar refractivity (Wildman–Crippen MR) is 72.4 cm³/mol. The summed E-state index contributed by atoms with van der Waals surface area (Å²) in [5.41, 5.74) is 3.45. The lowest BCUT2D eigenvalue weighted by Crippen LogP contribution is -2.31. The molecule has 2 aromatic rings. The van der Waals surface area contributed by atoms with Crippen LogP contribution in [-0.4, -0.2) is 21.9 Å². The molecule has 6 nitrogen and oxygen atoms in total. The van der Waals surface area contributed by atoms with Crippen LogP contribution in [0.4, 0.5) is 4.39 Å². The maximum absolute atomic E-state index is 13.5. The van der Waals surface area contributed by atoms with Gasteiger partial charge in [-0.1, -0.05) is 13.0 Å². The number of hydrazine groups is 1. The third-order valence-electron chi connectivity index (χ3n) is 3.01. The van der Waals surface area contributed by atoms with Gasteiger partial charge < -0.3 is 4.74 Å². The molecule has 2 rings (SSSR count). The second-order valence-electron chi connectivity index (χ2n) is 4.34. The first-order valence-electron chi connectivity index (χ1n) is 6.38. The fourth-order valence-electron chi connectivity index (χ4n) is 2.06. The van der Waals surface area contributed by atoms with Gasteiger partial charge in [0.2, 0.25) is 0 Å². The van der Waals surface area contributed by atoms with Crippen LogP contribution in [0.5, 0.6) is 5.75 Å². The Morgan fingerprint density at radius 2 is 2.30 bits per heavy atom. The fraction of sp³-hybridized carbons (Fsp3) is 0.385. The van der Waals surface area contributed by atoms with Crippen molar-refractivity contribution in [3.8, 4) is 5.75 Å². The summed E-state index contributed by atoms with van der Waals surface area (Å²) in [7, 11) is 1.42. The molecule has 0 aliphatic carbocycles. The molecular weight excluding hydrogens is 261 g/mol. The van der Waals surface area contributed by atoms with Crippen molar-refractivity contribution in [3.05, 3.63) is 41.7 Å². The van der Waals surface area contributed by atoms with E-state index >= 15 is 0 Å². The molecule has 0 amide bonds. The predicted octanol–water partition coefficient (Wildman–Crippen LogP) is 1.39. The molecule has 1 aromatic heterocycles. The van der Waals surface area contributed by atoms with E-state index in [0.29, 0.717) is 5.82 Å². The quantitative estimate of drug-likeness (QED) is 0.617. The van der Waals surface area contributed by atoms with Gasteiger partial charge in [0.05, 0.1) is 7.11 Å². The summed E-state index contributed by atoms with van der Waals surface area (Å²) < 4.78 is 20.2. The Morgan fingerprint density at radius 1 is 1.50 bits per heavy atom. The van der Waals surface area contributed by atoms with Crippen LogP contribution in [0, 0.1) is 5.82 Å². The standard InChI is InChI=1S/C13H18FN5O/c1-3-6-19-13(16-8-17-19)12(18-15)9-4-5-10(14)11(7-9)20-2/h4-5,7-8,12,18H,3,6,15H2,1-2H3. The van der Waals surface area contributed by atoms with Crippen molar-refractivity contribution in [1.29, 1.82) is 0 Å². The average Bonchev–Trinajstić information content (AvgIpc) is 2.90. The number of nitrogens with zero attached hydrogens (tertiary/aromatic N) is 3. The lowest BCUT2D eigenvalue weighted by Gasteiger charge is -2.17. The largest absolute Gasteiger partial charge is 0.494 e. The number of aromatic nitrogens is 3. The van der Waals surface area contributed by atoms with E-state index in [-0.39, 0.29) is 11.8 Å². The monoisotopic (exact) mass is 279 g/mol. The molecule has 3 N–H and O–H groups in total. The number of halogens is 1. The molecule has 1 unspecified atom stereocenters. The van der Waals surface area contributed by atoms with Crippen molar-refractivity contribution >= 4 is 0 Å². The third kappa shape index (κ3) is 2.78. The highest BCUT2D eigenvalue weighted by Gasteiger charge is 2.20. The summed E-state index contributed by atoms with van der Waals surface area (Å²) >= 11 is 0. The van der Waals surface area contributed by atoms with Crippen LogP contribution in [0.3, 0.4) is 0 Å². The van der Waals surface area contributed by atoms with Gasteiger partial charge in [0, 0.05) is 6.54 Å². The SMILES string of the molecule is CCCn1ncnc1C(NN)c1ccc(F)c(OC)c1. The number of hydrogen-bond acceptors (Lipinski definition) is 5. The maximum Gasteiger partial charge on any atom is 0.165 e. The topological polar surface area (TPSA) is 78.0 Å². The van der Waals surface area contributed by atoms with E-state index in [1.165, 1.54) is 19.5 Å². The van der Waals surface area contributed by atoms with Gasteiger partial charge in [-0.15, -0.1) is 0 Å². The van der Waals surface area contributed by atoms with E-state index in [4.69, 9.17) is 10.6 Å². The van der Waals surface area contributed by atoms with E-state index in [0.717, 1.165) is 18.5 Å². The summed E-state index contributed by atoms with van der Waals surface area (Å²) in [6.45, 7) is 2.79. The van der Waals surface area contributed by atoms with Crippen LogP contribution in [0.2, 0.25) is 0 Å². The first-order chi connectivity index (χ1) is 9.71. The smallest absolute Gasteiger partial charge is 0.165 e. The lowest BCUT2D eigenvalue weighted by molar-refractivity contribution is 0.385. The number of aryl methyl sites for hydroxylation is 1. The molecule has 20 heavy (non-hydrogen) atoms. The first-order valence-corrected chi connectivity index (χ1v) is 6.38. The van der Waals surface area contributed by atoms with Crippen LogP contribution in [0.15, 0.2) is 24.5 Å². The van der Waals surface area contributed by atoms with Crippen molar-refractivity contribution in [2.45, 2.75) is 25.9 Å². The van der Waals surface area contributed by atoms with Crippen molar-refractivity contribution < 1.29 is 9.13 Å². The van der Waals surface area contributed by atoms with Gasteiger partial charge in [0.1, 0.15) is 18.2 Å². The normalized spacial score (nSPS) is 12.4. The highest BCUT2D eigenvalue weighted by atomic mass is 19.1. The van der Waals surface area contributed by atoms with Gasteiger partial charge in [-0.05, 0) is 24.1 Å². The van der Waals surface area contributed by atoms with Gasteiger partial charge >= 0.3 is 0 Å². The average molecular weight is 279 g/mol. The second kappa shape index (κ2) is 6.44. The van der Waals surface area contributed by atoms with Crippen LogP contribution >= 0.6 is 0 Å².